The molecule has 0 saturated carbocycles. The van der Waals surface area contributed by atoms with Crippen LogP contribution >= 0.6 is 43.6 Å². The number of halogens is 2. The molecule has 1 fully saturated rings. The van der Waals surface area contributed by atoms with Crippen LogP contribution in [0.4, 0.5) is 11.4 Å². The number of amidine groups is 1. The highest BCUT2D eigenvalue weighted by atomic mass is 79.9. The molecule has 4 aromatic rings. The van der Waals surface area contributed by atoms with Crippen molar-refractivity contribution < 1.29 is 9.53 Å². The van der Waals surface area contributed by atoms with E-state index in [1.165, 1.54) is 22.9 Å². The maximum atomic E-state index is 13.9. The Morgan fingerprint density at radius 3 is 2.05 bits per heavy atom. The largest absolute Gasteiger partial charge is 0.488 e. The van der Waals surface area contributed by atoms with E-state index in [-0.39, 0.29) is 5.91 Å². The van der Waals surface area contributed by atoms with E-state index >= 15 is 0 Å². The van der Waals surface area contributed by atoms with Crippen LogP contribution in [-0.4, -0.2) is 11.1 Å². The number of nitrogens with zero attached hydrogens (tertiary/aromatic N) is 2. The van der Waals surface area contributed by atoms with Crippen LogP contribution in [0.15, 0.2) is 110 Å². The average Bonchev–Trinajstić information content (AvgIpc) is 3.27. The molecule has 0 bridgehead atoms. The van der Waals surface area contributed by atoms with Gasteiger partial charge in [0.15, 0.2) is 5.17 Å². The summed E-state index contributed by atoms with van der Waals surface area (Å²) < 4.78 is 8.13. The van der Waals surface area contributed by atoms with Crippen molar-refractivity contribution in [1.29, 1.82) is 0 Å². The van der Waals surface area contributed by atoms with Gasteiger partial charge >= 0.3 is 0 Å². The van der Waals surface area contributed by atoms with Crippen LogP contribution in [0.3, 0.4) is 0 Å². The summed E-state index contributed by atoms with van der Waals surface area (Å²) in [5, 5.41) is 0.622. The van der Waals surface area contributed by atoms with E-state index in [0.717, 1.165) is 44.3 Å². The van der Waals surface area contributed by atoms with E-state index in [1.807, 2.05) is 72.8 Å². The monoisotopic (exact) mass is 674 g/mol. The zero-order chi connectivity index (χ0) is 28.1. The fraction of sp³-hybridized carbons (Fsp3) is 0.152. The number of thioether (sulfide) groups is 1. The first-order chi connectivity index (χ1) is 19.4. The van der Waals surface area contributed by atoms with Crippen molar-refractivity contribution in [2.75, 3.05) is 4.90 Å². The van der Waals surface area contributed by atoms with E-state index in [0.29, 0.717) is 22.4 Å². The van der Waals surface area contributed by atoms with Crippen LogP contribution in [-0.2, 0) is 24.2 Å². The molecule has 4 nitrogen and oxygen atoms in total. The Bertz CT molecular complexity index is 1560. The Hall–Kier alpha value is -3.13. The lowest BCUT2D eigenvalue weighted by Gasteiger charge is -2.16. The molecule has 7 heteroatoms. The van der Waals surface area contributed by atoms with Crippen molar-refractivity contribution in [2.45, 2.75) is 33.3 Å². The van der Waals surface area contributed by atoms with Gasteiger partial charge in [0, 0.05) is 14.5 Å². The number of hydrogen-bond donors (Lipinski definition) is 0. The van der Waals surface area contributed by atoms with Gasteiger partial charge in [0.1, 0.15) is 12.4 Å². The van der Waals surface area contributed by atoms with E-state index in [9.17, 15) is 4.79 Å². The van der Waals surface area contributed by atoms with E-state index < -0.39 is 0 Å². The zero-order valence-electron chi connectivity index (χ0n) is 22.2. The molecule has 0 unspecified atom stereocenters. The Morgan fingerprint density at radius 2 is 1.40 bits per heavy atom. The molecule has 4 aromatic carbocycles. The molecule has 1 amide bonds. The maximum Gasteiger partial charge on any atom is 0.271 e. The van der Waals surface area contributed by atoms with Crippen molar-refractivity contribution >= 4 is 72.1 Å². The summed E-state index contributed by atoms with van der Waals surface area (Å²) in [6.45, 7) is 4.67. The van der Waals surface area contributed by atoms with Crippen LogP contribution in [0.2, 0.25) is 0 Å². The van der Waals surface area contributed by atoms with E-state index in [2.05, 4.69) is 70.0 Å². The summed E-state index contributed by atoms with van der Waals surface area (Å²) in [7, 11) is 0. The van der Waals surface area contributed by atoms with Gasteiger partial charge in [0.25, 0.3) is 5.91 Å². The van der Waals surface area contributed by atoms with Gasteiger partial charge < -0.3 is 4.74 Å². The Labute approximate surface area is 256 Å². The smallest absolute Gasteiger partial charge is 0.271 e. The SMILES string of the molecule is CCc1ccc(N=C2S/C(=C\c3cc(Br)ccc3OCc3ccc(Br)cc3)C(=O)N2c2ccc(CC)cc2)cc1. The molecule has 0 aliphatic carbocycles. The number of carbonyl (C=O) groups excluding carboxylic acids is 1. The molecule has 1 heterocycles. The molecular formula is C33H28Br2N2O2S. The highest BCUT2D eigenvalue weighted by molar-refractivity contribution is 9.10. The number of carbonyl (C=O) groups is 1. The summed E-state index contributed by atoms with van der Waals surface area (Å²) in [6.07, 6.45) is 3.79. The van der Waals surface area contributed by atoms with Crippen molar-refractivity contribution in [3.05, 3.63) is 127 Å². The number of anilines is 1. The summed E-state index contributed by atoms with van der Waals surface area (Å²) in [4.78, 5) is 21.0. The number of ether oxygens (including phenoxy) is 1. The second kappa shape index (κ2) is 13.0. The average molecular weight is 676 g/mol. The highest BCUT2D eigenvalue weighted by Crippen LogP contribution is 2.39. The van der Waals surface area contributed by atoms with E-state index in [4.69, 9.17) is 9.73 Å². The summed E-state index contributed by atoms with van der Waals surface area (Å²) in [5.74, 6) is 0.587. The molecular weight excluding hydrogens is 648 g/mol. The predicted octanol–water partition coefficient (Wildman–Crippen LogP) is 9.72. The molecule has 202 valence electrons. The van der Waals surface area contributed by atoms with Crippen LogP contribution in [0.5, 0.6) is 5.75 Å². The normalized spacial score (nSPS) is 15.3. The van der Waals surface area contributed by atoms with Crippen LogP contribution in [0.25, 0.3) is 6.08 Å². The van der Waals surface area contributed by atoms with Gasteiger partial charge in [0.2, 0.25) is 0 Å². The van der Waals surface area contributed by atoms with Gasteiger partial charge in [-0.3, -0.25) is 9.69 Å². The fourth-order valence-corrected chi connectivity index (χ4v) is 5.86. The first kappa shape index (κ1) is 28.4. The maximum absolute atomic E-state index is 13.9. The minimum atomic E-state index is -0.114. The lowest BCUT2D eigenvalue weighted by molar-refractivity contribution is -0.113. The predicted molar refractivity (Wildman–Crippen MR) is 174 cm³/mol. The Morgan fingerprint density at radius 1 is 0.800 bits per heavy atom. The second-order valence-corrected chi connectivity index (χ2v) is 12.1. The molecule has 1 saturated heterocycles. The molecule has 0 radical (unpaired) electrons. The third-order valence-electron chi connectivity index (χ3n) is 6.54. The van der Waals surface area contributed by atoms with Gasteiger partial charge in [0.05, 0.1) is 16.3 Å². The molecule has 5 rings (SSSR count). The lowest BCUT2D eigenvalue weighted by atomic mass is 10.1. The minimum absolute atomic E-state index is 0.114. The van der Waals surface area contributed by atoms with Crippen molar-refractivity contribution in [3.63, 3.8) is 0 Å². The topological polar surface area (TPSA) is 41.9 Å². The number of aliphatic imine (C=N–C) groups is 1. The third-order valence-corrected chi connectivity index (χ3v) is 8.54. The fourth-order valence-electron chi connectivity index (χ4n) is 4.22. The van der Waals surface area contributed by atoms with Gasteiger partial charge in [-0.2, -0.15) is 0 Å². The minimum Gasteiger partial charge on any atom is -0.488 e. The van der Waals surface area contributed by atoms with Crippen LogP contribution in [0, 0.1) is 0 Å². The first-order valence-electron chi connectivity index (χ1n) is 13.1. The zero-order valence-corrected chi connectivity index (χ0v) is 26.2. The van der Waals surface area contributed by atoms with E-state index in [1.54, 1.807) is 4.90 Å². The van der Waals surface area contributed by atoms with Gasteiger partial charge in [-0.05, 0) is 102 Å². The number of hydrogen-bond acceptors (Lipinski definition) is 4. The number of benzene rings is 4. The first-order valence-corrected chi connectivity index (χ1v) is 15.5. The molecule has 40 heavy (non-hydrogen) atoms. The van der Waals surface area contributed by atoms with Crippen molar-refractivity contribution in [1.82, 2.24) is 0 Å². The summed E-state index contributed by atoms with van der Waals surface area (Å²) >= 11 is 8.43. The number of rotatable bonds is 8. The van der Waals surface area contributed by atoms with Gasteiger partial charge in [-0.1, -0.05) is 82.1 Å². The lowest BCUT2D eigenvalue weighted by Crippen LogP contribution is -2.28. The molecule has 0 atom stereocenters. The highest BCUT2D eigenvalue weighted by Gasteiger charge is 2.35. The Balaban J connectivity index is 1.50. The molecule has 1 aliphatic rings. The summed E-state index contributed by atoms with van der Waals surface area (Å²) in [6, 6.07) is 30.1. The van der Waals surface area contributed by atoms with Crippen molar-refractivity contribution in [3.8, 4) is 5.75 Å². The molecule has 0 aromatic heterocycles. The van der Waals surface area contributed by atoms with Crippen LogP contribution < -0.4 is 9.64 Å². The molecule has 1 aliphatic heterocycles. The van der Waals surface area contributed by atoms with Crippen LogP contribution in [0.1, 0.15) is 36.1 Å². The van der Waals surface area contributed by atoms with Gasteiger partial charge in [-0.15, -0.1) is 0 Å². The third kappa shape index (κ3) is 6.77. The second-order valence-electron chi connectivity index (χ2n) is 9.28. The quantitative estimate of drug-likeness (QED) is 0.175. The number of amides is 1. The van der Waals surface area contributed by atoms with Crippen molar-refractivity contribution in [2.24, 2.45) is 4.99 Å². The van der Waals surface area contributed by atoms with Gasteiger partial charge in [-0.25, -0.2) is 4.99 Å². The summed E-state index contributed by atoms with van der Waals surface area (Å²) in [5.41, 5.74) is 5.94. The molecule has 0 spiro atoms. The molecule has 0 N–H and O–H groups in total. The standard InChI is InChI=1S/C33H28Br2N2O2S/c1-3-22-7-14-28(15-8-22)36-33-37(29-16-9-23(4-2)10-17-29)32(38)31(40-33)20-25-19-27(35)13-18-30(25)39-21-24-5-11-26(34)12-6-24/h5-20H,3-4,21H2,1-2H3/b31-20-,36-33?. The number of aryl methyl sites for hydroxylation is 2. The Kier molecular flexibility index (Phi) is 9.25.